The zero-order valence-electron chi connectivity index (χ0n) is 4.20. The Hall–Kier alpha value is -0.540. The molecular weight excluding hydrogens is 92.1 g/mol. The molecule has 1 aliphatic rings. The summed E-state index contributed by atoms with van der Waals surface area (Å²) in [5.74, 6) is 0. The summed E-state index contributed by atoms with van der Waals surface area (Å²) < 4.78 is 0. The van der Waals surface area contributed by atoms with Gasteiger partial charge in [-0.25, -0.2) is 0 Å². The van der Waals surface area contributed by atoms with Crippen LogP contribution in [0.15, 0.2) is 12.3 Å². The molecule has 1 aliphatic heterocycles. The van der Waals surface area contributed by atoms with Crippen molar-refractivity contribution in [3.05, 3.63) is 12.3 Å². The third-order valence-electron chi connectivity index (χ3n) is 0.954. The van der Waals surface area contributed by atoms with Crippen LogP contribution in [0.1, 0.15) is 0 Å². The highest BCUT2D eigenvalue weighted by molar-refractivity contribution is 4.86. The third kappa shape index (κ3) is 0.730. The van der Waals surface area contributed by atoms with Crippen molar-refractivity contribution in [2.45, 2.75) is 0 Å². The minimum absolute atomic E-state index is 0.608. The van der Waals surface area contributed by atoms with Gasteiger partial charge in [0, 0.05) is 13.2 Å². The number of hydrogen-bond acceptors (Lipinski definition) is 3. The first-order chi connectivity index (χ1) is 3.30. The molecule has 0 aromatic carbocycles. The number of nitrogens with zero attached hydrogens (tertiary/aromatic N) is 2. The predicted molar refractivity (Wildman–Crippen MR) is 25.4 cm³/mol. The molecule has 0 aromatic heterocycles. The SMILES string of the molecule is CN1C=CCN1O. The maximum absolute atomic E-state index is 8.69. The molecule has 3 nitrogen and oxygen atoms in total. The van der Waals surface area contributed by atoms with Gasteiger partial charge >= 0.3 is 0 Å². The molecule has 7 heavy (non-hydrogen) atoms. The second-order valence-corrected chi connectivity index (χ2v) is 1.51. The van der Waals surface area contributed by atoms with Crippen molar-refractivity contribution in [3.63, 3.8) is 0 Å². The molecule has 0 aromatic rings. The summed E-state index contributed by atoms with van der Waals surface area (Å²) >= 11 is 0. The van der Waals surface area contributed by atoms with Crippen molar-refractivity contribution in [3.8, 4) is 0 Å². The van der Waals surface area contributed by atoms with E-state index in [9.17, 15) is 0 Å². The fourth-order valence-electron chi connectivity index (χ4n) is 0.500. The zero-order chi connectivity index (χ0) is 5.28. The van der Waals surface area contributed by atoms with Crippen molar-refractivity contribution >= 4 is 0 Å². The Balaban J connectivity index is 2.45. The van der Waals surface area contributed by atoms with Crippen LogP contribution >= 0.6 is 0 Å². The Morgan fingerprint density at radius 1 is 1.71 bits per heavy atom. The number of rotatable bonds is 0. The molecule has 1 rings (SSSR count). The van der Waals surface area contributed by atoms with Gasteiger partial charge in [-0.3, -0.25) is 10.2 Å². The average Bonchev–Trinajstić information content (AvgIpc) is 1.91. The third-order valence-corrected chi connectivity index (χ3v) is 0.954. The molecule has 0 saturated carbocycles. The summed E-state index contributed by atoms with van der Waals surface area (Å²) in [4.78, 5) is 0. The van der Waals surface area contributed by atoms with Crippen LogP contribution < -0.4 is 0 Å². The minimum atomic E-state index is 0.608. The van der Waals surface area contributed by atoms with Gasteiger partial charge in [0.15, 0.2) is 0 Å². The Kier molecular flexibility index (Phi) is 1.00. The van der Waals surface area contributed by atoms with E-state index in [1.54, 1.807) is 18.3 Å². The first-order valence-electron chi connectivity index (χ1n) is 2.16. The van der Waals surface area contributed by atoms with Crippen LogP contribution in [0.2, 0.25) is 0 Å². The summed E-state index contributed by atoms with van der Waals surface area (Å²) in [6.45, 7) is 0.608. The lowest BCUT2D eigenvalue weighted by Crippen LogP contribution is -2.27. The standard InChI is InChI=1S/C4H8N2O/c1-5-3-2-4-6(5)7/h2-3,7H,4H2,1H3. The van der Waals surface area contributed by atoms with E-state index in [0.717, 1.165) is 5.17 Å². The monoisotopic (exact) mass is 100 g/mol. The molecule has 1 heterocycles. The molecule has 1 N–H and O–H groups in total. The molecule has 0 atom stereocenters. The number of hydroxylamine groups is 1. The second kappa shape index (κ2) is 1.52. The fraction of sp³-hybridized carbons (Fsp3) is 0.500. The quantitative estimate of drug-likeness (QED) is 0.466. The predicted octanol–water partition coefficient (Wildman–Crippen LogP) is 0.0517. The molecule has 0 aliphatic carbocycles. The Labute approximate surface area is 42.4 Å². The van der Waals surface area contributed by atoms with E-state index < -0.39 is 0 Å². The Bertz CT molecular complexity index is 91.7. The van der Waals surface area contributed by atoms with Gasteiger partial charge in [0.25, 0.3) is 0 Å². The van der Waals surface area contributed by atoms with Gasteiger partial charge in [-0.15, -0.1) is 0 Å². The van der Waals surface area contributed by atoms with Crippen LogP contribution in [0.5, 0.6) is 0 Å². The van der Waals surface area contributed by atoms with Gasteiger partial charge in [-0.05, 0) is 6.08 Å². The van der Waals surface area contributed by atoms with Gasteiger partial charge in [0.05, 0.1) is 6.54 Å². The van der Waals surface area contributed by atoms with Crippen LogP contribution in [-0.4, -0.2) is 29.0 Å². The first-order valence-corrected chi connectivity index (χ1v) is 2.16. The van der Waals surface area contributed by atoms with Crippen molar-refractivity contribution in [2.75, 3.05) is 13.6 Å². The molecule has 0 amide bonds. The highest BCUT2D eigenvalue weighted by Crippen LogP contribution is 1.97. The highest BCUT2D eigenvalue weighted by Gasteiger charge is 2.05. The normalized spacial score (nSPS) is 21.7. The summed E-state index contributed by atoms with van der Waals surface area (Å²) in [6, 6.07) is 0. The summed E-state index contributed by atoms with van der Waals surface area (Å²) in [5.41, 5.74) is 0. The molecule has 40 valence electrons. The Morgan fingerprint density at radius 3 is 2.57 bits per heavy atom. The van der Waals surface area contributed by atoms with Gasteiger partial charge in [0.2, 0.25) is 0 Å². The molecule has 3 heteroatoms. The van der Waals surface area contributed by atoms with Crippen LogP contribution in [0, 0.1) is 0 Å². The lowest BCUT2D eigenvalue weighted by Gasteiger charge is -2.15. The molecule has 0 unspecified atom stereocenters. The van der Waals surface area contributed by atoms with Crippen LogP contribution in [0.25, 0.3) is 0 Å². The largest absolute Gasteiger partial charge is 0.294 e. The van der Waals surface area contributed by atoms with E-state index in [1.165, 1.54) is 0 Å². The van der Waals surface area contributed by atoms with Crippen molar-refractivity contribution < 1.29 is 5.21 Å². The maximum atomic E-state index is 8.69. The molecule has 0 fully saturated rings. The molecule has 0 spiro atoms. The minimum Gasteiger partial charge on any atom is -0.294 e. The second-order valence-electron chi connectivity index (χ2n) is 1.51. The van der Waals surface area contributed by atoms with Crippen LogP contribution in [0.3, 0.4) is 0 Å². The van der Waals surface area contributed by atoms with Crippen LogP contribution in [-0.2, 0) is 0 Å². The van der Waals surface area contributed by atoms with E-state index in [4.69, 9.17) is 5.21 Å². The number of hydrogen-bond donors (Lipinski definition) is 1. The van der Waals surface area contributed by atoms with Crippen molar-refractivity contribution in [2.24, 2.45) is 0 Å². The molecule has 0 saturated heterocycles. The maximum Gasteiger partial charge on any atom is 0.0650 e. The van der Waals surface area contributed by atoms with E-state index in [1.807, 2.05) is 6.08 Å². The van der Waals surface area contributed by atoms with Gasteiger partial charge in [-0.2, -0.15) is 0 Å². The lowest BCUT2D eigenvalue weighted by atomic mass is 10.7. The topological polar surface area (TPSA) is 26.7 Å². The van der Waals surface area contributed by atoms with Gasteiger partial charge in [-0.1, -0.05) is 5.17 Å². The Morgan fingerprint density at radius 2 is 2.43 bits per heavy atom. The summed E-state index contributed by atoms with van der Waals surface area (Å²) in [7, 11) is 1.78. The van der Waals surface area contributed by atoms with Crippen molar-refractivity contribution in [1.82, 2.24) is 10.2 Å². The first kappa shape index (κ1) is 4.61. The zero-order valence-corrected chi connectivity index (χ0v) is 4.20. The van der Waals surface area contributed by atoms with Gasteiger partial charge in [0.1, 0.15) is 0 Å². The van der Waals surface area contributed by atoms with Crippen molar-refractivity contribution in [1.29, 1.82) is 0 Å². The van der Waals surface area contributed by atoms with E-state index in [-0.39, 0.29) is 0 Å². The molecule has 0 radical (unpaired) electrons. The molecule has 0 bridgehead atoms. The van der Waals surface area contributed by atoms with E-state index >= 15 is 0 Å². The van der Waals surface area contributed by atoms with E-state index in [2.05, 4.69) is 0 Å². The summed E-state index contributed by atoms with van der Waals surface area (Å²) in [6.07, 6.45) is 3.68. The van der Waals surface area contributed by atoms with E-state index in [0.29, 0.717) is 6.54 Å². The lowest BCUT2D eigenvalue weighted by molar-refractivity contribution is -0.195. The molecular formula is C4H8N2O. The fourth-order valence-corrected chi connectivity index (χ4v) is 0.500. The average molecular weight is 100 g/mol. The highest BCUT2D eigenvalue weighted by atomic mass is 16.5. The van der Waals surface area contributed by atoms with Gasteiger partial charge < -0.3 is 0 Å². The summed E-state index contributed by atoms with van der Waals surface area (Å²) in [5, 5.41) is 11.4. The van der Waals surface area contributed by atoms with Crippen LogP contribution in [0.4, 0.5) is 0 Å². The number of hydrazine groups is 1. The smallest absolute Gasteiger partial charge is 0.0650 e.